The van der Waals surface area contributed by atoms with E-state index in [2.05, 4.69) is 13.8 Å². The molecular formula is C13H29NO. The molecule has 2 N–H and O–H groups in total. The van der Waals surface area contributed by atoms with Crippen molar-refractivity contribution in [2.75, 3.05) is 0 Å². The lowest BCUT2D eigenvalue weighted by Crippen LogP contribution is -2.38. The van der Waals surface area contributed by atoms with Crippen LogP contribution in [0.15, 0.2) is 0 Å². The van der Waals surface area contributed by atoms with Crippen LogP contribution in [-0.4, -0.2) is 11.8 Å². The summed E-state index contributed by atoms with van der Waals surface area (Å²) in [5.74, 6) is 0.798. The Morgan fingerprint density at radius 3 is 1.80 bits per heavy atom. The highest BCUT2D eigenvalue weighted by molar-refractivity contribution is 5.88. The Labute approximate surface area is 95.6 Å². The predicted octanol–water partition coefficient (Wildman–Crippen LogP) is 3.39. The van der Waals surface area contributed by atoms with Crippen LogP contribution in [0.5, 0.6) is 0 Å². The molecule has 0 aliphatic heterocycles. The third kappa shape index (κ3) is 8.61. The molecule has 0 saturated carbocycles. The fourth-order valence-electron chi connectivity index (χ4n) is 1.20. The predicted molar refractivity (Wildman–Crippen MR) is 67.9 cm³/mol. The highest BCUT2D eigenvalue weighted by Gasteiger charge is 2.26. The smallest absolute Gasteiger partial charge is 0.154 e. The van der Waals surface area contributed by atoms with Gasteiger partial charge in [0, 0.05) is 5.41 Å². The van der Waals surface area contributed by atoms with E-state index in [0.717, 1.165) is 12.8 Å². The van der Waals surface area contributed by atoms with E-state index >= 15 is 0 Å². The number of carbonyl (C=O) groups excluding carboxylic acids is 1. The van der Waals surface area contributed by atoms with Crippen molar-refractivity contribution in [2.24, 2.45) is 17.1 Å². The fourth-order valence-corrected chi connectivity index (χ4v) is 1.20. The molecule has 0 spiro atoms. The van der Waals surface area contributed by atoms with Gasteiger partial charge in [0.15, 0.2) is 5.78 Å². The molecule has 15 heavy (non-hydrogen) atoms. The van der Waals surface area contributed by atoms with Crippen LogP contribution in [-0.2, 0) is 4.79 Å². The Morgan fingerprint density at radius 1 is 1.13 bits per heavy atom. The molecule has 2 heteroatoms. The van der Waals surface area contributed by atoms with Crippen molar-refractivity contribution >= 4 is 5.78 Å². The van der Waals surface area contributed by atoms with E-state index in [-0.39, 0.29) is 17.2 Å². The van der Waals surface area contributed by atoms with Crippen LogP contribution in [0, 0.1) is 11.3 Å². The number of hydrogen-bond acceptors (Lipinski definition) is 2. The molecule has 1 unspecified atom stereocenters. The molecule has 0 fully saturated rings. The summed E-state index contributed by atoms with van der Waals surface area (Å²) in [5, 5.41) is 0. The van der Waals surface area contributed by atoms with Gasteiger partial charge in [-0.1, -0.05) is 48.5 Å². The van der Waals surface area contributed by atoms with Crippen molar-refractivity contribution in [1.82, 2.24) is 0 Å². The number of rotatable bonds is 4. The molecule has 0 aromatic carbocycles. The lowest BCUT2D eigenvalue weighted by Gasteiger charge is -2.22. The first-order valence-electron chi connectivity index (χ1n) is 6.05. The topological polar surface area (TPSA) is 43.1 Å². The first-order valence-corrected chi connectivity index (χ1v) is 6.05. The van der Waals surface area contributed by atoms with Crippen LogP contribution in [0.1, 0.15) is 61.3 Å². The Morgan fingerprint density at radius 2 is 1.53 bits per heavy atom. The maximum atomic E-state index is 11.7. The normalized spacial score (nSPS) is 13.1. The molecular weight excluding hydrogens is 186 g/mol. The highest BCUT2D eigenvalue weighted by Crippen LogP contribution is 2.18. The van der Waals surface area contributed by atoms with Crippen molar-refractivity contribution in [3.8, 4) is 0 Å². The van der Waals surface area contributed by atoms with Gasteiger partial charge in [0.05, 0.1) is 6.04 Å². The molecule has 0 aliphatic carbocycles. The van der Waals surface area contributed by atoms with Crippen LogP contribution in [0.25, 0.3) is 0 Å². The summed E-state index contributed by atoms with van der Waals surface area (Å²) in [5.41, 5.74) is 5.51. The third-order valence-corrected chi connectivity index (χ3v) is 2.13. The van der Waals surface area contributed by atoms with Gasteiger partial charge in [-0.25, -0.2) is 0 Å². The van der Waals surface area contributed by atoms with Crippen LogP contribution < -0.4 is 5.73 Å². The standard InChI is InChI=1S/C11H23NO.C2H6/c1-8(2)6-7-9(12)10(13)11(3,4)5;1-2/h8-9H,6-7,12H2,1-5H3;1-2H3. The highest BCUT2D eigenvalue weighted by atomic mass is 16.1. The van der Waals surface area contributed by atoms with Gasteiger partial charge < -0.3 is 5.73 Å². The molecule has 0 bridgehead atoms. The summed E-state index contributed by atoms with van der Waals surface area (Å²) < 4.78 is 0. The van der Waals surface area contributed by atoms with Crippen molar-refractivity contribution in [1.29, 1.82) is 0 Å². The van der Waals surface area contributed by atoms with E-state index in [4.69, 9.17) is 5.73 Å². The fraction of sp³-hybridized carbons (Fsp3) is 0.923. The Bertz CT molecular complexity index is 168. The molecule has 1 atom stereocenters. The molecule has 0 aromatic rings. The van der Waals surface area contributed by atoms with Crippen LogP contribution >= 0.6 is 0 Å². The van der Waals surface area contributed by atoms with Gasteiger partial charge in [0.25, 0.3) is 0 Å². The summed E-state index contributed by atoms with van der Waals surface area (Å²) in [6, 6.07) is -0.276. The van der Waals surface area contributed by atoms with Crippen LogP contribution in [0.3, 0.4) is 0 Å². The molecule has 0 radical (unpaired) electrons. The zero-order valence-electron chi connectivity index (χ0n) is 11.6. The second-order valence-electron chi connectivity index (χ2n) is 5.19. The number of hydrogen-bond donors (Lipinski definition) is 1. The SMILES string of the molecule is CC.CC(C)CCC(N)C(=O)C(C)(C)C. The summed E-state index contributed by atoms with van der Waals surface area (Å²) in [6.07, 6.45) is 1.84. The minimum atomic E-state index is -0.295. The van der Waals surface area contributed by atoms with Gasteiger partial charge in [-0.15, -0.1) is 0 Å². The minimum Gasteiger partial charge on any atom is -0.321 e. The lowest BCUT2D eigenvalue weighted by atomic mass is 9.84. The molecule has 2 nitrogen and oxygen atoms in total. The van der Waals surface area contributed by atoms with Crippen molar-refractivity contribution < 1.29 is 4.79 Å². The van der Waals surface area contributed by atoms with Gasteiger partial charge in [-0.3, -0.25) is 4.79 Å². The quantitative estimate of drug-likeness (QED) is 0.781. The zero-order chi connectivity index (χ0) is 12.6. The molecule has 0 heterocycles. The van der Waals surface area contributed by atoms with Gasteiger partial charge in [0.1, 0.15) is 0 Å². The average Bonchev–Trinajstić information content (AvgIpc) is 2.14. The van der Waals surface area contributed by atoms with E-state index in [1.165, 1.54) is 0 Å². The van der Waals surface area contributed by atoms with Crippen molar-refractivity contribution in [2.45, 2.75) is 67.3 Å². The minimum absolute atomic E-state index is 0.174. The molecule has 0 rings (SSSR count). The molecule has 0 aromatic heterocycles. The van der Waals surface area contributed by atoms with Crippen molar-refractivity contribution in [3.05, 3.63) is 0 Å². The largest absolute Gasteiger partial charge is 0.321 e. The second kappa shape index (κ2) is 7.86. The number of nitrogens with two attached hydrogens (primary N) is 1. The van der Waals surface area contributed by atoms with E-state index in [0.29, 0.717) is 5.92 Å². The van der Waals surface area contributed by atoms with Gasteiger partial charge in [0.2, 0.25) is 0 Å². The van der Waals surface area contributed by atoms with E-state index in [1.54, 1.807) is 0 Å². The Balaban J connectivity index is 0. The molecule has 92 valence electrons. The molecule has 0 amide bonds. The van der Waals surface area contributed by atoms with Gasteiger partial charge in [-0.2, -0.15) is 0 Å². The maximum Gasteiger partial charge on any atom is 0.154 e. The van der Waals surface area contributed by atoms with Gasteiger partial charge in [-0.05, 0) is 18.8 Å². The van der Waals surface area contributed by atoms with E-state index in [1.807, 2.05) is 34.6 Å². The van der Waals surface area contributed by atoms with Crippen molar-refractivity contribution in [3.63, 3.8) is 0 Å². The van der Waals surface area contributed by atoms with Gasteiger partial charge >= 0.3 is 0 Å². The first-order chi connectivity index (χ1) is 6.75. The molecule has 0 aliphatic rings. The summed E-state index contributed by atoms with van der Waals surface area (Å²) in [4.78, 5) is 11.7. The summed E-state index contributed by atoms with van der Waals surface area (Å²) in [7, 11) is 0. The Hall–Kier alpha value is -0.370. The van der Waals surface area contributed by atoms with Crippen LogP contribution in [0.4, 0.5) is 0 Å². The molecule has 0 saturated heterocycles. The van der Waals surface area contributed by atoms with E-state index < -0.39 is 0 Å². The second-order valence-corrected chi connectivity index (χ2v) is 5.19. The number of carbonyl (C=O) groups is 1. The third-order valence-electron chi connectivity index (χ3n) is 2.13. The summed E-state index contributed by atoms with van der Waals surface area (Å²) >= 11 is 0. The van der Waals surface area contributed by atoms with Crippen LogP contribution in [0.2, 0.25) is 0 Å². The number of Topliss-reactive ketones (excluding diaryl/α,β-unsaturated/α-hetero) is 1. The average molecular weight is 215 g/mol. The monoisotopic (exact) mass is 215 g/mol. The lowest BCUT2D eigenvalue weighted by molar-refractivity contribution is -0.127. The number of ketones is 1. The maximum absolute atomic E-state index is 11.7. The Kier molecular flexibility index (Phi) is 8.93. The van der Waals surface area contributed by atoms with E-state index in [9.17, 15) is 4.79 Å². The zero-order valence-corrected chi connectivity index (χ0v) is 11.6. The first kappa shape index (κ1) is 17.0. The summed E-state index contributed by atoms with van der Waals surface area (Å²) in [6.45, 7) is 14.1.